The van der Waals surface area contributed by atoms with Gasteiger partial charge in [0.2, 0.25) is 0 Å². The fourth-order valence-electron chi connectivity index (χ4n) is 0.0505. The molecule has 0 atom stereocenters. The van der Waals surface area contributed by atoms with E-state index in [0.29, 0.717) is 6.42 Å². The summed E-state index contributed by atoms with van der Waals surface area (Å²) >= 11 is 3.07. The van der Waals surface area contributed by atoms with Gasteiger partial charge < -0.3 is 0 Å². The summed E-state index contributed by atoms with van der Waals surface area (Å²) in [5, 5.41) is 0.781. The molecule has 0 saturated heterocycles. The number of hydrogen-bond donors (Lipinski definition) is 0. The molecule has 2 heteroatoms. The van der Waals surface area contributed by atoms with E-state index in [1.807, 2.05) is 0 Å². The van der Waals surface area contributed by atoms with Crippen LogP contribution in [0.15, 0.2) is 0 Å². The van der Waals surface area contributed by atoms with E-state index >= 15 is 0 Å². The first-order chi connectivity index (χ1) is 2.41. The van der Waals surface area contributed by atoms with Gasteiger partial charge in [0, 0.05) is 5.33 Å². The molecule has 0 amide bonds. The maximum atomic E-state index is 11.0. The van der Waals surface area contributed by atoms with Gasteiger partial charge in [-0.3, -0.25) is 4.39 Å². The minimum Gasteiger partial charge on any atom is -0.251 e. The predicted octanol–water partition coefficient (Wildman–Crippen LogP) is 1.74. The molecule has 0 aromatic heterocycles. The highest BCUT2D eigenvalue weighted by Crippen LogP contribution is 1.85. The monoisotopic (exact) mass is 140 g/mol. The molecule has 0 aliphatic rings. The van der Waals surface area contributed by atoms with Crippen LogP contribution in [0.4, 0.5) is 4.39 Å². The van der Waals surface area contributed by atoms with Crippen LogP contribution in [-0.4, -0.2) is 12.0 Å². The molecule has 0 radical (unpaired) electrons. The first kappa shape index (κ1) is 5.41. The molecule has 0 fully saturated rings. The van der Waals surface area contributed by atoms with Gasteiger partial charge in [-0.05, 0) is 6.42 Å². The van der Waals surface area contributed by atoms with Crippen molar-refractivity contribution < 1.29 is 4.39 Å². The zero-order chi connectivity index (χ0) is 4.12. The molecular weight excluding hydrogens is 135 g/mol. The van der Waals surface area contributed by atoms with Crippen molar-refractivity contribution in [2.45, 2.75) is 6.42 Å². The second-order valence-electron chi connectivity index (χ2n) is 0.732. The van der Waals surface area contributed by atoms with Crippen molar-refractivity contribution in [3.63, 3.8) is 0 Å². The van der Waals surface area contributed by atoms with Gasteiger partial charge in [-0.1, -0.05) is 15.9 Å². The molecule has 0 aliphatic carbocycles. The van der Waals surface area contributed by atoms with E-state index in [0.717, 1.165) is 5.33 Å². The molecule has 32 valence electrons. The van der Waals surface area contributed by atoms with Crippen LogP contribution in [-0.2, 0) is 0 Å². The molecule has 0 unspecified atom stereocenters. The van der Waals surface area contributed by atoms with E-state index < -0.39 is 0 Å². The molecule has 0 aliphatic heterocycles. The van der Waals surface area contributed by atoms with Crippen LogP contribution in [0.25, 0.3) is 0 Å². The second-order valence-corrected chi connectivity index (χ2v) is 1.52. The lowest BCUT2D eigenvalue weighted by atomic mass is 10.6. The number of halogens is 2. The minimum atomic E-state index is -0.203. The zero-order valence-electron chi connectivity index (χ0n) is 2.88. The summed E-state index contributed by atoms with van der Waals surface area (Å²) in [7, 11) is 0. The van der Waals surface area contributed by atoms with E-state index in [1.54, 1.807) is 0 Å². The van der Waals surface area contributed by atoms with Crippen LogP contribution in [0.5, 0.6) is 0 Å². The third-order valence-electron chi connectivity index (χ3n) is 0.267. The molecule has 5 heavy (non-hydrogen) atoms. The fourth-order valence-corrected chi connectivity index (χ4v) is 0.262. The van der Waals surface area contributed by atoms with E-state index in [-0.39, 0.29) is 6.67 Å². The van der Waals surface area contributed by atoms with Gasteiger partial charge in [0.05, 0.1) is 6.67 Å². The Labute approximate surface area is 39.5 Å². The molecular formula is C3H6BrF. The Morgan fingerprint density at radius 3 is 2.20 bits per heavy atom. The van der Waals surface area contributed by atoms with Gasteiger partial charge in [-0.15, -0.1) is 0 Å². The van der Waals surface area contributed by atoms with Crippen molar-refractivity contribution in [1.29, 1.82) is 0 Å². The van der Waals surface area contributed by atoms with Gasteiger partial charge in [0.15, 0.2) is 0 Å². The van der Waals surface area contributed by atoms with E-state index in [1.165, 1.54) is 0 Å². The molecule has 0 rings (SSSR count). The van der Waals surface area contributed by atoms with Crippen LogP contribution in [0.3, 0.4) is 0 Å². The van der Waals surface area contributed by atoms with Crippen molar-refractivity contribution >= 4 is 15.9 Å². The average molecular weight is 141 g/mol. The molecule has 0 saturated carbocycles. The SMILES string of the molecule is [19F]CCCBr. The lowest BCUT2D eigenvalue weighted by Crippen LogP contribution is -1.71. The fraction of sp³-hybridized carbons (Fsp3) is 1.00. The van der Waals surface area contributed by atoms with E-state index in [9.17, 15) is 4.39 Å². The predicted molar refractivity (Wildman–Crippen MR) is 24.4 cm³/mol. The molecule has 0 N–H and O–H groups in total. The van der Waals surface area contributed by atoms with Crippen LogP contribution >= 0.6 is 15.9 Å². The first-order valence-electron chi connectivity index (χ1n) is 1.53. The molecule has 0 spiro atoms. The van der Waals surface area contributed by atoms with Crippen molar-refractivity contribution in [3.05, 3.63) is 0 Å². The first-order valence-corrected chi connectivity index (χ1v) is 2.66. The standard InChI is InChI=1S/C3H6BrF/c4-2-1-3-5/h1-3H2/i5+0. The third kappa shape index (κ3) is 4.41. The molecule has 0 nitrogen and oxygen atoms in total. The lowest BCUT2D eigenvalue weighted by molar-refractivity contribution is 0.490. The maximum Gasteiger partial charge on any atom is 0.0902 e. The van der Waals surface area contributed by atoms with Gasteiger partial charge in [-0.2, -0.15) is 0 Å². The Kier molecular flexibility index (Phi) is 4.77. The Balaban J connectivity index is 2.19. The lowest BCUT2D eigenvalue weighted by Gasteiger charge is -1.74. The highest BCUT2D eigenvalue weighted by atomic mass is 79.9. The zero-order valence-corrected chi connectivity index (χ0v) is 4.46. The third-order valence-corrected chi connectivity index (χ3v) is 0.828. The van der Waals surface area contributed by atoms with Gasteiger partial charge in [0.1, 0.15) is 0 Å². The van der Waals surface area contributed by atoms with Crippen LogP contribution in [0, 0.1) is 0 Å². The normalized spacial score (nSPS) is 8.40. The molecule has 0 heterocycles. The Morgan fingerprint density at radius 2 is 2.20 bits per heavy atom. The highest BCUT2D eigenvalue weighted by Gasteiger charge is 1.73. The van der Waals surface area contributed by atoms with E-state index in [2.05, 4.69) is 15.9 Å². The van der Waals surface area contributed by atoms with E-state index in [4.69, 9.17) is 0 Å². The highest BCUT2D eigenvalue weighted by molar-refractivity contribution is 9.09. The van der Waals surface area contributed by atoms with Crippen LogP contribution < -0.4 is 0 Å². The second kappa shape index (κ2) is 4.41. The Bertz CT molecular complexity index is 14.4. The summed E-state index contributed by atoms with van der Waals surface area (Å²) in [6.45, 7) is -0.203. The van der Waals surface area contributed by atoms with Gasteiger partial charge >= 0.3 is 0 Å². The summed E-state index contributed by atoms with van der Waals surface area (Å²) in [4.78, 5) is 0. The minimum absolute atomic E-state index is 0.203. The Hall–Kier alpha value is 0.410. The summed E-state index contributed by atoms with van der Waals surface area (Å²) < 4.78 is 11.0. The van der Waals surface area contributed by atoms with Gasteiger partial charge in [-0.25, -0.2) is 0 Å². The van der Waals surface area contributed by atoms with Crippen LogP contribution in [0.1, 0.15) is 6.42 Å². The van der Waals surface area contributed by atoms with Gasteiger partial charge in [0.25, 0.3) is 0 Å². The quantitative estimate of drug-likeness (QED) is 0.513. The summed E-state index contributed by atoms with van der Waals surface area (Å²) in [6.07, 6.45) is 0.639. The largest absolute Gasteiger partial charge is 0.251 e. The molecule has 0 aromatic rings. The number of rotatable bonds is 2. The van der Waals surface area contributed by atoms with Crippen molar-refractivity contribution in [3.8, 4) is 0 Å². The summed E-state index contributed by atoms with van der Waals surface area (Å²) in [6, 6.07) is 0. The Morgan fingerprint density at radius 1 is 1.60 bits per heavy atom. The number of hydrogen-bond acceptors (Lipinski definition) is 0. The maximum absolute atomic E-state index is 11.0. The van der Waals surface area contributed by atoms with Crippen molar-refractivity contribution in [1.82, 2.24) is 0 Å². The molecule has 0 bridgehead atoms. The average Bonchev–Trinajstić information content (AvgIpc) is 1.41. The molecule has 0 aromatic carbocycles. The summed E-state index contributed by atoms with van der Waals surface area (Å²) in [5.74, 6) is 0. The summed E-state index contributed by atoms with van der Waals surface area (Å²) in [5.41, 5.74) is 0. The van der Waals surface area contributed by atoms with Crippen molar-refractivity contribution in [2.24, 2.45) is 0 Å². The van der Waals surface area contributed by atoms with Crippen molar-refractivity contribution in [2.75, 3.05) is 12.0 Å². The number of alkyl halides is 2. The van der Waals surface area contributed by atoms with Crippen LogP contribution in [0.2, 0.25) is 0 Å². The smallest absolute Gasteiger partial charge is 0.0902 e. The topological polar surface area (TPSA) is 0 Å².